The summed E-state index contributed by atoms with van der Waals surface area (Å²) in [4.78, 5) is 25.6. The number of nitrogens with one attached hydrogen (secondary N) is 3. The van der Waals surface area contributed by atoms with Crippen LogP contribution in [0.2, 0.25) is 0 Å². The second-order valence-electron chi connectivity index (χ2n) is 8.25. The predicted molar refractivity (Wildman–Crippen MR) is 128 cm³/mol. The first-order valence-electron chi connectivity index (χ1n) is 10.9. The predicted octanol–water partition coefficient (Wildman–Crippen LogP) is 3.83. The number of aryl methyl sites for hydroxylation is 1. The van der Waals surface area contributed by atoms with Crippen LogP contribution in [0, 0.1) is 6.92 Å². The van der Waals surface area contributed by atoms with E-state index in [0.29, 0.717) is 36.5 Å². The molecule has 3 heterocycles. The number of halogens is 3. The Morgan fingerprint density at radius 3 is 2.53 bits per heavy atom. The lowest BCUT2D eigenvalue weighted by atomic mass is 10.1. The summed E-state index contributed by atoms with van der Waals surface area (Å²) in [7, 11) is 1.44. The molecule has 1 aliphatic heterocycles. The van der Waals surface area contributed by atoms with E-state index in [4.69, 9.17) is 4.74 Å². The Hall–Kier alpha value is -4.13. The number of hydrogen-bond donors (Lipinski definition) is 4. The summed E-state index contributed by atoms with van der Waals surface area (Å²) in [6.45, 7) is 3.90. The highest BCUT2D eigenvalue weighted by Crippen LogP contribution is 2.37. The molecule has 1 amide bonds. The van der Waals surface area contributed by atoms with Crippen molar-refractivity contribution < 1.29 is 27.8 Å². The van der Waals surface area contributed by atoms with Crippen LogP contribution >= 0.6 is 0 Å². The van der Waals surface area contributed by atoms with Crippen molar-refractivity contribution in [3.8, 4) is 5.88 Å². The third-order valence-electron chi connectivity index (χ3n) is 5.27. The van der Waals surface area contributed by atoms with Gasteiger partial charge in [0, 0.05) is 44.0 Å². The Bertz CT molecular complexity index is 1280. The van der Waals surface area contributed by atoms with Crippen LogP contribution in [0.3, 0.4) is 0 Å². The molecule has 36 heavy (non-hydrogen) atoms. The second-order valence-corrected chi connectivity index (χ2v) is 8.25. The van der Waals surface area contributed by atoms with Gasteiger partial charge in [-0.15, -0.1) is 0 Å². The van der Waals surface area contributed by atoms with Crippen molar-refractivity contribution in [3.63, 3.8) is 0 Å². The number of carbonyl (C=O) groups is 1. The summed E-state index contributed by atoms with van der Waals surface area (Å²) in [6, 6.07) is 8.07. The Morgan fingerprint density at radius 2 is 1.89 bits per heavy atom. The van der Waals surface area contributed by atoms with Crippen LogP contribution in [0.1, 0.15) is 18.1 Å². The number of aliphatic hydroxyl groups is 1. The molecule has 0 saturated carbocycles. The lowest BCUT2D eigenvalue weighted by Crippen LogP contribution is -2.51. The molecule has 2 aromatic heterocycles. The van der Waals surface area contributed by atoms with Crippen LogP contribution in [0.4, 0.5) is 47.8 Å². The van der Waals surface area contributed by atoms with E-state index in [0.717, 1.165) is 5.56 Å². The number of hydrogen-bond acceptors (Lipinski definition) is 9. The molecular formula is C23H24F3N7O3. The van der Waals surface area contributed by atoms with Crippen LogP contribution in [0.15, 0.2) is 36.5 Å². The summed E-state index contributed by atoms with van der Waals surface area (Å²) < 4.78 is 46.4. The van der Waals surface area contributed by atoms with Crippen molar-refractivity contribution in [3.05, 3.63) is 47.7 Å². The fraction of sp³-hybridized carbons (Fsp3) is 0.304. The average molecular weight is 503 g/mol. The van der Waals surface area contributed by atoms with E-state index < -0.39 is 23.7 Å². The van der Waals surface area contributed by atoms with E-state index in [-0.39, 0.29) is 23.4 Å². The van der Waals surface area contributed by atoms with Crippen molar-refractivity contribution in [2.24, 2.45) is 0 Å². The number of pyridine rings is 1. The molecule has 0 unspecified atom stereocenters. The zero-order chi connectivity index (χ0) is 26.0. The van der Waals surface area contributed by atoms with Crippen molar-refractivity contribution in [1.82, 2.24) is 15.0 Å². The molecule has 3 aromatic rings. The normalized spacial score (nSPS) is 13.7. The molecule has 190 valence electrons. The number of ether oxygens (including phenoxy) is 1. The topological polar surface area (TPSA) is 125 Å². The van der Waals surface area contributed by atoms with E-state index in [1.165, 1.54) is 14.0 Å². The molecule has 1 fully saturated rings. The van der Waals surface area contributed by atoms with Crippen LogP contribution in [0.5, 0.6) is 5.88 Å². The highest BCUT2D eigenvalue weighted by atomic mass is 19.4. The molecule has 0 radical (unpaired) electrons. The van der Waals surface area contributed by atoms with Gasteiger partial charge >= 0.3 is 6.18 Å². The lowest BCUT2D eigenvalue weighted by molar-refractivity contribution is -0.137. The van der Waals surface area contributed by atoms with Gasteiger partial charge in [0.2, 0.25) is 17.7 Å². The number of nitrogens with zero attached hydrogens (tertiary/aromatic N) is 4. The van der Waals surface area contributed by atoms with Gasteiger partial charge in [0.15, 0.2) is 0 Å². The SMILES string of the molecule is COc1cc(Nc2ncc(C(F)(F)F)c(Nc3ccc(C)cc3NC(C)=O)n2)cc(N2CC(O)C2)n1. The molecule has 1 aromatic carbocycles. The molecule has 0 spiro atoms. The molecule has 0 atom stereocenters. The van der Waals surface area contributed by atoms with Crippen molar-refractivity contribution in [2.75, 3.05) is 41.0 Å². The van der Waals surface area contributed by atoms with Gasteiger partial charge in [0.1, 0.15) is 17.2 Å². The van der Waals surface area contributed by atoms with E-state index in [2.05, 4.69) is 30.9 Å². The average Bonchev–Trinajstić information content (AvgIpc) is 2.77. The Morgan fingerprint density at radius 1 is 1.14 bits per heavy atom. The zero-order valence-electron chi connectivity index (χ0n) is 19.6. The molecule has 10 nitrogen and oxygen atoms in total. The van der Waals surface area contributed by atoms with Crippen molar-refractivity contribution in [1.29, 1.82) is 0 Å². The van der Waals surface area contributed by atoms with E-state index in [1.807, 2.05) is 4.90 Å². The van der Waals surface area contributed by atoms with Gasteiger partial charge in [0.25, 0.3) is 0 Å². The van der Waals surface area contributed by atoms with Gasteiger partial charge in [-0.3, -0.25) is 4.79 Å². The van der Waals surface area contributed by atoms with Crippen molar-refractivity contribution >= 4 is 40.6 Å². The van der Waals surface area contributed by atoms with E-state index >= 15 is 0 Å². The summed E-state index contributed by atoms with van der Waals surface area (Å²) in [5, 5.41) is 17.8. The quantitative estimate of drug-likeness (QED) is 0.381. The van der Waals surface area contributed by atoms with Gasteiger partial charge in [-0.1, -0.05) is 6.07 Å². The highest BCUT2D eigenvalue weighted by Gasteiger charge is 2.35. The number of anilines is 6. The standard InChI is InChI=1S/C23H24F3N7O3/c1-12-4-5-17(18(6-12)28-13(2)34)30-21-16(23(24,25)26)9-27-22(32-21)29-14-7-19(31-20(8-14)36-3)33-10-15(35)11-33/h4-9,15,35H,10-11H2,1-3H3,(H,28,34)(H2,27,29,30,31,32). The number of benzene rings is 1. The van der Waals surface area contributed by atoms with Gasteiger partial charge < -0.3 is 30.7 Å². The fourth-order valence-electron chi connectivity index (χ4n) is 3.53. The number of carbonyl (C=O) groups excluding carboxylic acids is 1. The Balaban J connectivity index is 1.68. The zero-order valence-corrected chi connectivity index (χ0v) is 19.6. The monoisotopic (exact) mass is 503 g/mol. The number of aliphatic hydroxyl groups excluding tert-OH is 1. The molecule has 0 aliphatic carbocycles. The maximum Gasteiger partial charge on any atom is 0.421 e. The highest BCUT2D eigenvalue weighted by molar-refractivity contribution is 5.93. The van der Waals surface area contributed by atoms with E-state index in [9.17, 15) is 23.1 Å². The van der Waals surface area contributed by atoms with Crippen molar-refractivity contribution in [2.45, 2.75) is 26.1 Å². The number of rotatable bonds is 7. The molecular weight excluding hydrogens is 479 g/mol. The minimum atomic E-state index is -4.73. The maximum atomic E-state index is 13.7. The van der Waals surface area contributed by atoms with Crippen LogP contribution in [-0.4, -0.2) is 52.3 Å². The Kier molecular flexibility index (Phi) is 6.84. The number of aromatic nitrogens is 3. The Labute approximate surface area is 204 Å². The second kappa shape index (κ2) is 9.85. The van der Waals surface area contributed by atoms with Crippen LogP contribution in [0.25, 0.3) is 0 Å². The first kappa shape index (κ1) is 25.0. The van der Waals surface area contributed by atoms with E-state index in [1.54, 1.807) is 37.3 Å². The number of alkyl halides is 3. The van der Waals surface area contributed by atoms with Gasteiger partial charge in [-0.05, 0) is 24.6 Å². The molecule has 4 N–H and O–H groups in total. The summed E-state index contributed by atoms with van der Waals surface area (Å²) in [5.41, 5.74) is 0.699. The largest absolute Gasteiger partial charge is 0.481 e. The first-order valence-corrected chi connectivity index (χ1v) is 10.9. The first-order chi connectivity index (χ1) is 17.0. The molecule has 13 heteroatoms. The van der Waals surface area contributed by atoms with Crippen LogP contribution in [-0.2, 0) is 11.0 Å². The lowest BCUT2D eigenvalue weighted by Gasteiger charge is -2.37. The third kappa shape index (κ3) is 5.74. The van der Waals surface area contributed by atoms with Gasteiger partial charge in [-0.25, -0.2) is 4.98 Å². The summed E-state index contributed by atoms with van der Waals surface area (Å²) in [5.74, 6) is -0.195. The number of amides is 1. The molecule has 1 aliphatic rings. The summed E-state index contributed by atoms with van der Waals surface area (Å²) in [6.07, 6.45) is -4.51. The smallest absolute Gasteiger partial charge is 0.421 e. The fourth-order valence-corrected chi connectivity index (χ4v) is 3.53. The summed E-state index contributed by atoms with van der Waals surface area (Å²) >= 11 is 0. The van der Waals surface area contributed by atoms with Crippen LogP contribution < -0.4 is 25.6 Å². The minimum absolute atomic E-state index is 0.110. The molecule has 4 rings (SSSR count). The third-order valence-corrected chi connectivity index (χ3v) is 5.27. The molecule has 1 saturated heterocycles. The van der Waals surface area contributed by atoms with Gasteiger partial charge in [0.05, 0.1) is 24.6 Å². The molecule has 0 bridgehead atoms. The number of methoxy groups -OCH3 is 1. The minimum Gasteiger partial charge on any atom is -0.481 e. The number of β-amino-alcohol motifs (C(OH)–C–C–N with tert-alkyl or cyclic N) is 1. The maximum absolute atomic E-state index is 13.7. The van der Waals surface area contributed by atoms with Gasteiger partial charge in [-0.2, -0.15) is 23.1 Å².